The van der Waals surface area contributed by atoms with E-state index >= 15 is 0 Å². The molecule has 0 spiro atoms. The topological polar surface area (TPSA) is 128 Å². The van der Waals surface area contributed by atoms with Crippen LogP contribution in [0, 0.1) is 0 Å². The molecule has 0 bridgehead atoms. The van der Waals surface area contributed by atoms with Gasteiger partial charge in [0.05, 0.1) is 24.6 Å². The number of hydrogen-bond donors (Lipinski definition) is 2. The first-order valence-electron chi connectivity index (χ1n) is 35.5. The maximum absolute atomic E-state index is 11.4. The molecule has 14 nitrogen and oxygen atoms in total. The first-order chi connectivity index (χ1) is 48.3. The molecule has 0 aromatic heterocycles. The van der Waals surface area contributed by atoms with Crippen LogP contribution in [0.4, 0.5) is 34.1 Å². The molecule has 2 unspecified atom stereocenters. The summed E-state index contributed by atoms with van der Waals surface area (Å²) in [4.78, 5) is 18.2. The number of rotatable bonds is 40. The summed E-state index contributed by atoms with van der Waals surface area (Å²) in [6, 6.07) is 63.5. The Kier molecular flexibility index (Phi) is 31.1. The van der Waals surface area contributed by atoms with Crippen molar-refractivity contribution in [2.45, 2.75) is 115 Å². The summed E-state index contributed by atoms with van der Waals surface area (Å²) in [7, 11) is 0. The summed E-state index contributed by atoms with van der Waals surface area (Å²) in [5.41, 5.74) is 13.8. The number of thioether (sulfide) groups is 2. The second-order valence-electron chi connectivity index (χ2n) is 23.6. The van der Waals surface area contributed by atoms with E-state index in [4.69, 9.17) is 29.9 Å². The Morgan fingerprint density at radius 2 is 0.576 bits per heavy atom. The highest BCUT2D eigenvalue weighted by Crippen LogP contribution is 2.34. The van der Waals surface area contributed by atoms with Crippen molar-refractivity contribution >= 4 is 93.3 Å². The number of ether oxygens (including phenoxy) is 2. The van der Waals surface area contributed by atoms with Crippen LogP contribution in [0.2, 0.25) is 0 Å². The SMILES string of the molecule is CCN(CC)c1ccc(C(=NN=Cc2ccc(N(CC)CC)cc2OCC(O)CSc2ccc(Sc3ccc(SCC(O)COc4cc(N(CC)CC)ccc4C=NN=C(c4ccc(N(CC)CC)cc4)c4ccc(N(CC)CC)cc4)cc3)cc2)c2ccc(N(CC)CC)cc2)cc1. The van der Waals surface area contributed by atoms with Crippen LogP contribution in [-0.4, -0.2) is 150 Å². The van der Waals surface area contributed by atoms with Gasteiger partial charge >= 0.3 is 0 Å². The number of nitrogens with zero attached hydrogens (tertiary/aromatic N) is 10. The predicted molar refractivity (Wildman–Crippen MR) is 428 cm³/mol. The molecule has 0 aliphatic heterocycles. The van der Waals surface area contributed by atoms with Gasteiger partial charge in [0.1, 0.15) is 36.1 Å². The minimum atomic E-state index is -0.729. The third kappa shape index (κ3) is 21.9. The molecule has 8 rings (SSSR count). The van der Waals surface area contributed by atoms with Crippen molar-refractivity contribution in [1.82, 2.24) is 0 Å². The molecule has 0 amide bonds. The predicted octanol–water partition coefficient (Wildman–Crippen LogP) is 17.7. The molecule has 8 aromatic rings. The Balaban J connectivity index is 0.863. The number of hydrogen-bond acceptors (Lipinski definition) is 17. The van der Waals surface area contributed by atoms with Gasteiger partial charge in [-0.25, -0.2) is 0 Å². The van der Waals surface area contributed by atoms with Crippen LogP contribution in [0.3, 0.4) is 0 Å². The summed E-state index contributed by atoms with van der Waals surface area (Å²) in [6.45, 7) is 37.0. The third-order valence-corrected chi connectivity index (χ3v) is 21.0. The average molecular weight is 1390 g/mol. The first-order valence-corrected chi connectivity index (χ1v) is 38.3. The molecule has 0 saturated heterocycles. The van der Waals surface area contributed by atoms with E-state index in [1.165, 1.54) is 22.7 Å². The smallest absolute Gasteiger partial charge is 0.130 e. The number of aliphatic hydroxyl groups is 2. The normalized spacial score (nSPS) is 11.9. The van der Waals surface area contributed by atoms with Crippen molar-refractivity contribution < 1.29 is 19.7 Å². The van der Waals surface area contributed by atoms with Gasteiger partial charge in [0, 0.05) is 189 Å². The zero-order valence-corrected chi connectivity index (χ0v) is 62.8. The van der Waals surface area contributed by atoms with Crippen LogP contribution < -0.4 is 38.9 Å². The second kappa shape index (κ2) is 40.2. The monoisotopic (exact) mass is 1390 g/mol. The summed E-state index contributed by atoms with van der Waals surface area (Å²) >= 11 is 4.89. The van der Waals surface area contributed by atoms with E-state index in [0.717, 1.165) is 154 Å². The third-order valence-electron chi connectivity index (χ3n) is 17.7. The van der Waals surface area contributed by atoms with Crippen LogP contribution in [0.15, 0.2) is 222 Å². The van der Waals surface area contributed by atoms with Gasteiger partial charge in [-0.1, -0.05) is 60.3 Å². The number of anilines is 6. The van der Waals surface area contributed by atoms with Crippen LogP contribution in [0.5, 0.6) is 11.5 Å². The van der Waals surface area contributed by atoms with E-state index in [1.54, 1.807) is 47.7 Å². The highest BCUT2D eigenvalue weighted by molar-refractivity contribution is 8.00. The maximum Gasteiger partial charge on any atom is 0.130 e. The van der Waals surface area contributed by atoms with Gasteiger partial charge in [-0.15, -0.1) is 33.7 Å². The van der Waals surface area contributed by atoms with E-state index in [-0.39, 0.29) is 13.2 Å². The van der Waals surface area contributed by atoms with Gasteiger partial charge in [-0.3, -0.25) is 0 Å². The zero-order valence-electron chi connectivity index (χ0n) is 60.4. The molecule has 524 valence electrons. The molecule has 0 aliphatic rings. The largest absolute Gasteiger partial charge is 0.490 e. The van der Waals surface area contributed by atoms with Crippen LogP contribution in [0.1, 0.15) is 116 Å². The van der Waals surface area contributed by atoms with Gasteiger partial charge < -0.3 is 49.1 Å². The van der Waals surface area contributed by atoms with E-state index in [0.29, 0.717) is 23.0 Å². The molecule has 2 atom stereocenters. The summed E-state index contributed by atoms with van der Waals surface area (Å²) in [6.07, 6.45) is 2.05. The van der Waals surface area contributed by atoms with Crippen molar-refractivity contribution in [3.63, 3.8) is 0 Å². The van der Waals surface area contributed by atoms with Crippen LogP contribution in [-0.2, 0) is 0 Å². The first kappa shape index (κ1) is 76.6. The average Bonchev–Trinajstić information content (AvgIpc) is 0.857. The molecule has 0 saturated carbocycles. The van der Waals surface area contributed by atoms with Crippen LogP contribution >= 0.6 is 35.3 Å². The minimum Gasteiger partial charge on any atom is -0.490 e. The molecule has 0 heterocycles. The Hall–Kier alpha value is -8.19. The summed E-state index contributed by atoms with van der Waals surface area (Å²) < 4.78 is 12.9. The molecular weight excluding hydrogens is 1290 g/mol. The van der Waals surface area contributed by atoms with Crippen molar-refractivity contribution in [3.05, 3.63) is 215 Å². The molecule has 2 N–H and O–H groups in total. The zero-order chi connectivity index (χ0) is 70.5. The van der Waals surface area contributed by atoms with E-state index in [2.05, 4.69) is 270 Å². The van der Waals surface area contributed by atoms with Crippen LogP contribution in [0.25, 0.3) is 0 Å². The Morgan fingerprint density at radius 3 is 0.838 bits per heavy atom. The Labute approximate surface area is 604 Å². The number of benzene rings is 8. The highest BCUT2D eigenvalue weighted by Gasteiger charge is 2.18. The molecule has 0 radical (unpaired) electrons. The lowest BCUT2D eigenvalue weighted by Gasteiger charge is -2.22. The highest BCUT2D eigenvalue weighted by atomic mass is 32.2. The van der Waals surface area contributed by atoms with Gasteiger partial charge in [0.25, 0.3) is 0 Å². The van der Waals surface area contributed by atoms with Crippen molar-refractivity contribution in [2.24, 2.45) is 20.4 Å². The molecular formula is C82H104N10O4S3. The van der Waals surface area contributed by atoms with Gasteiger partial charge in [0.2, 0.25) is 0 Å². The number of aliphatic hydroxyl groups excluding tert-OH is 2. The Morgan fingerprint density at radius 1 is 0.333 bits per heavy atom. The lowest BCUT2D eigenvalue weighted by atomic mass is 10.0. The molecule has 17 heteroatoms. The van der Waals surface area contributed by atoms with Gasteiger partial charge in [-0.05, 0) is 204 Å². The van der Waals surface area contributed by atoms with E-state index in [9.17, 15) is 10.2 Å². The summed E-state index contributed by atoms with van der Waals surface area (Å²) in [5, 5.41) is 42.0. The lowest BCUT2D eigenvalue weighted by Crippen LogP contribution is -2.23. The maximum atomic E-state index is 11.4. The fourth-order valence-corrected chi connectivity index (χ4v) is 14.3. The lowest BCUT2D eigenvalue weighted by molar-refractivity contribution is 0.126. The fourth-order valence-electron chi connectivity index (χ4n) is 11.8. The van der Waals surface area contributed by atoms with E-state index in [1.807, 2.05) is 24.3 Å². The minimum absolute atomic E-state index is 0.111. The van der Waals surface area contributed by atoms with Crippen molar-refractivity contribution in [3.8, 4) is 11.5 Å². The molecule has 0 fully saturated rings. The summed E-state index contributed by atoms with van der Waals surface area (Å²) in [5.74, 6) is 2.18. The molecule has 8 aromatic carbocycles. The standard InChI is InChI=1S/C82H104N10O4S3/c1-13-87(14-2)67-35-25-61(26-36-67)81(62-27-37-68(38-28-62)88(15-3)16-4)85-83-55-65-33-43-71(91(21-9)22-10)53-79(65)95-57-73(93)59-97-75-45-49-77(50-46-75)99-78-51-47-76(48-52-78)98-60-74(94)58-96-80-54-72(92(23-11)24-12)44-34-66(80)56-84-86-82(63-29-39-69(40-30-63)89(17-5)18-6)64-31-41-70(42-32-64)90(19-7)20-8/h25-56,73-74,93-94H,13-24,57-60H2,1-12H3. The Bertz CT molecular complexity index is 3450. The second-order valence-corrected chi connectivity index (χ2v) is 27.0. The van der Waals surface area contributed by atoms with Gasteiger partial charge in [0.15, 0.2) is 0 Å². The molecule has 0 aliphatic carbocycles. The quantitative estimate of drug-likeness (QED) is 0.0215. The fraction of sp³-hybridized carbons (Fsp3) is 0.366. The van der Waals surface area contributed by atoms with Gasteiger partial charge in [-0.2, -0.15) is 10.2 Å². The van der Waals surface area contributed by atoms with Crippen molar-refractivity contribution in [1.29, 1.82) is 0 Å². The van der Waals surface area contributed by atoms with Crippen molar-refractivity contribution in [2.75, 3.05) is 133 Å². The van der Waals surface area contributed by atoms with E-state index < -0.39 is 12.2 Å². The molecule has 99 heavy (non-hydrogen) atoms.